The Morgan fingerprint density at radius 2 is 1.78 bits per heavy atom. The molecule has 1 saturated heterocycles. The summed E-state index contributed by atoms with van der Waals surface area (Å²) in [6, 6.07) is 5.61. The minimum atomic E-state index is 0.0279. The molecule has 0 radical (unpaired) electrons. The number of rotatable bonds is 3. The van der Waals surface area contributed by atoms with Gasteiger partial charge in [0, 0.05) is 44.6 Å². The van der Waals surface area contributed by atoms with Crippen LogP contribution in [0.25, 0.3) is 5.82 Å². The largest absolute Gasteiger partial charge is 0.466 e. The first-order valence-corrected chi connectivity index (χ1v) is 8.98. The molecule has 27 heavy (non-hydrogen) atoms. The van der Waals surface area contributed by atoms with E-state index < -0.39 is 0 Å². The number of carbonyl (C=O) groups excluding carboxylic acids is 1. The Kier molecular flexibility index (Phi) is 4.39. The second kappa shape index (κ2) is 6.86. The van der Waals surface area contributed by atoms with E-state index in [0.29, 0.717) is 30.2 Å². The summed E-state index contributed by atoms with van der Waals surface area (Å²) in [6.45, 7) is 8.28. The number of nitrogens with zero attached hydrogens (tertiary/aromatic N) is 6. The third-order valence-electron chi connectivity index (χ3n) is 4.71. The molecule has 4 heterocycles. The molecule has 1 aliphatic rings. The van der Waals surface area contributed by atoms with Crippen LogP contribution < -0.4 is 4.90 Å². The third-order valence-corrected chi connectivity index (χ3v) is 4.71. The van der Waals surface area contributed by atoms with Gasteiger partial charge >= 0.3 is 0 Å². The lowest BCUT2D eigenvalue weighted by atomic mass is 10.2. The lowest BCUT2D eigenvalue weighted by Gasteiger charge is -2.35. The first-order valence-electron chi connectivity index (χ1n) is 8.98. The number of carbonyl (C=O) groups is 1. The molecule has 1 aliphatic heterocycles. The summed E-state index contributed by atoms with van der Waals surface area (Å²) >= 11 is 0. The molecule has 0 spiro atoms. The summed E-state index contributed by atoms with van der Waals surface area (Å²) in [7, 11) is 0. The van der Waals surface area contributed by atoms with Gasteiger partial charge in [-0.1, -0.05) is 0 Å². The lowest BCUT2D eigenvalue weighted by Crippen LogP contribution is -2.49. The van der Waals surface area contributed by atoms with Crippen molar-refractivity contribution in [1.29, 1.82) is 0 Å². The van der Waals surface area contributed by atoms with Crippen molar-refractivity contribution in [1.82, 2.24) is 24.6 Å². The average Bonchev–Trinajstić information content (AvgIpc) is 3.30. The lowest BCUT2D eigenvalue weighted by molar-refractivity contribution is 0.0744. The fourth-order valence-electron chi connectivity index (χ4n) is 3.37. The van der Waals surface area contributed by atoms with E-state index in [2.05, 4.69) is 20.0 Å². The van der Waals surface area contributed by atoms with Gasteiger partial charge in [0.15, 0.2) is 5.82 Å². The molecule has 3 aromatic heterocycles. The van der Waals surface area contributed by atoms with Gasteiger partial charge in [0.25, 0.3) is 5.91 Å². The van der Waals surface area contributed by atoms with E-state index in [0.717, 1.165) is 30.5 Å². The molecule has 4 rings (SSSR count). The van der Waals surface area contributed by atoms with Crippen LogP contribution in [-0.4, -0.2) is 56.7 Å². The molecule has 8 heteroatoms. The van der Waals surface area contributed by atoms with Crippen LogP contribution in [0.1, 0.15) is 27.7 Å². The summed E-state index contributed by atoms with van der Waals surface area (Å²) in [6.07, 6.45) is 3.58. The topological polar surface area (TPSA) is 80.3 Å². The normalized spacial score (nSPS) is 14.6. The zero-order valence-electron chi connectivity index (χ0n) is 15.7. The van der Waals surface area contributed by atoms with Crippen molar-refractivity contribution in [3.8, 4) is 5.82 Å². The van der Waals surface area contributed by atoms with E-state index in [1.54, 1.807) is 10.9 Å². The Morgan fingerprint density at radius 3 is 2.41 bits per heavy atom. The summed E-state index contributed by atoms with van der Waals surface area (Å²) in [5, 5.41) is 4.24. The van der Waals surface area contributed by atoms with Gasteiger partial charge in [-0.3, -0.25) is 4.79 Å². The molecule has 0 unspecified atom stereocenters. The highest BCUT2D eigenvalue weighted by atomic mass is 16.3. The first kappa shape index (κ1) is 17.3. The molecular formula is C19H22N6O2. The van der Waals surface area contributed by atoms with Gasteiger partial charge in [-0.2, -0.15) is 5.10 Å². The Morgan fingerprint density at radius 1 is 1.04 bits per heavy atom. The zero-order valence-corrected chi connectivity index (χ0v) is 15.7. The number of anilines is 1. The number of piperazine rings is 1. The molecule has 0 bridgehead atoms. The number of hydrogen-bond donors (Lipinski definition) is 0. The van der Waals surface area contributed by atoms with Crippen molar-refractivity contribution >= 4 is 11.7 Å². The van der Waals surface area contributed by atoms with Gasteiger partial charge in [0.2, 0.25) is 0 Å². The maximum Gasteiger partial charge on any atom is 0.257 e. The van der Waals surface area contributed by atoms with Gasteiger partial charge < -0.3 is 14.2 Å². The summed E-state index contributed by atoms with van der Waals surface area (Å²) in [5.41, 5.74) is 0.653. The monoisotopic (exact) mass is 366 g/mol. The van der Waals surface area contributed by atoms with E-state index in [9.17, 15) is 4.79 Å². The van der Waals surface area contributed by atoms with Gasteiger partial charge in [0.05, 0.1) is 5.56 Å². The maximum absolute atomic E-state index is 12.8. The van der Waals surface area contributed by atoms with Crippen molar-refractivity contribution in [3.05, 3.63) is 53.5 Å². The van der Waals surface area contributed by atoms with Crippen molar-refractivity contribution < 1.29 is 9.21 Å². The van der Waals surface area contributed by atoms with Crippen LogP contribution in [0.3, 0.4) is 0 Å². The summed E-state index contributed by atoms with van der Waals surface area (Å²) in [5.74, 6) is 3.76. The number of hydrogen-bond acceptors (Lipinski definition) is 6. The number of furan rings is 1. The minimum Gasteiger partial charge on any atom is -0.466 e. The third kappa shape index (κ3) is 3.42. The number of amides is 1. The second-order valence-corrected chi connectivity index (χ2v) is 6.69. The quantitative estimate of drug-likeness (QED) is 0.707. The Bertz CT molecular complexity index is 955. The smallest absolute Gasteiger partial charge is 0.257 e. The zero-order chi connectivity index (χ0) is 19.0. The van der Waals surface area contributed by atoms with E-state index in [-0.39, 0.29) is 5.91 Å². The fourth-order valence-corrected chi connectivity index (χ4v) is 3.37. The van der Waals surface area contributed by atoms with E-state index in [1.165, 1.54) is 0 Å². The molecule has 3 aromatic rings. The Balaban J connectivity index is 1.48. The molecule has 0 atom stereocenters. The van der Waals surface area contributed by atoms with Crippen LogP contribution >= 0.6 is 0 Å². The molecule has 0 N–H and O–H groups in total. The average molecular weight is 366 g/mol. The van der Waals surface area contributed by atoms with Crippen molar-refractivity contribution in [2.45, 2.75) is 20.8 Å². The van der Waals surface area contributed by atoms with Crippen LogP contribution in [0.2, 0.25) is 0 Å². The van der Waals surface area contributed by atoms with Crippen molar-refractivity contribution in [2.24, 2.45) is 0 Å². The molecule has 0 saturated carbocycles. The fraction of sp³-hybridized carbons (Fsp3) is 0.368. The SMILES string of the molecule is Cc1nc(N2CCN(C(=O)c3cc(C)oc3C)CC2)cc(-n2cccn2)n1. The highest BCUT2D eigenvalue weighted by Gasteiger charge is 2.25. The predicted molar refractivity (Wildman–Crippen MR) is 100 cm³/mol. The molecular weight excluding hydrogens is 344 g/mol. The maximum atomic E-state index is 12.8. The molecule has 140 valence electrons. The minimum absolute atomic E-state index is 0.0279. The van der Waals surface area contributed by atoms with Crippen LogP contribution in [0.15, 0.2) is 35.0 Å². The van der Waals surface area contributed by atoms with Crippen LogP contribution in [0, 0.1) is 20.8 Å². The van der Waals surface area contributed by atoms with Crippen LogP contribution in [-0.2, 0) is 0 Å². The summed E-state index contributed by atoms with van der Waals surface area (Å²) < 4.78 is 7.22. The molecule has 1 amide bonds. The van der Waals surface area contributed by atoms with E-state index in [1.807, 2.05) is 50.1 Å². The molecule has 8 nitrogen and oxygen atoms in total. The molecule has 0 aromatic carbocycles. The molecule has 0 aliphatic carbocycles. The number of aryl methyl sites for hydroxylation is 3. The highest BCUT2D eigenvalue weighted by molar-refractivity contribution is 5.95. The van der Waals surface area contributed by atoms with Crippen molar-refractivity contribution in [2.75, 3.05) is 31.1 Å². The Labute approximate surface area is 157 Å². The van der Waals surface area contributed by atoms with E-state index in [4.69, 9.17) is 4.42 Å². The standard InChI is InChI=1S/C19H22N6O2/c1-13-11-16(14(2)27-13)19(26)24-9-7-23(8-10-24)17-12-18(22-15(3)21-17)25-6-4-5-20-25/h4-6,11-12H,7-10H2,1-3H3. The van der Waals surface area contributed by atoms with Gasteiger partial charge in [-0.05, 0) is 32.9 Å². The van der Waals surface area contributed by atoms with Crippen molar-refractivity contribution in [3.63, 3.8) is 0 Å². The van der Waals surface area contributed by atoms with Gasteiger partial charge in [-0.15, -0.1) is 0 Å². The Hall–Kier alpha value is -3.16. The van der Waals surface area contributed by atoms with Crippen LogP contribution in [0.4, 0.5) is 5.82 Å². The highest BCUT2D eigenvalue weighted by Crippen LogP contribution is 2.20. The number of aromatic nitrogens is 4. The van der Waals surface area contributed by atoms with Crippen LogP contribution in [0.5, 0.6) is 0 Å². The molecule has 1 fully saturated rings. The summed E-state index contributed by atoms with van der Waals surface area (Å²) in [4.78, 5) is 25.8. The van der Waals surface area contributed by atoms with Gasteiger partial charge in [-0.25, -0.2) is 14.6 Å². The second-order valence-electron chi connectivity index (χ2n) is 6.69. The first-order chi connectivity index (χ1) is 13.0. The predicted octanol–water partition coefficient (Wildman–Crippen LogP) is 2.14. The van der Waals surface area contributed by atoms with Gasteiger partial charge in [0.1, 0.15) is 23.2 Å². The van der Waals surface area contributed by atoms with E-state index >= 15 is 0 Å².